The summed E-state index contributed by atoms with van der Waals surface area (Å²) < 4.78 is 18.6. The predicted octanol–water partition coefficient (Wildman–Crippen LogP) is 2.52. The highest BCUT2D eigenvalue weighted by Gasteiger charge is 2.16. The molecule has 1 aromatic heterocycles. The van der Waals surface area contributed by atoms with E-state index in [1.165, 1.54) is 6.07 Å². The molecule has 1 heterocycles. The first kappa shape index (κ1) is 11.5. The maximum atomic E-state index is 13.5. The number of aromatic nitrogens is 2. The Morgan fingerprint density at radius 3 is 2.76 bits per heavy atom. The summed E-state index contributed by atoms with van der Waals surface area (Å²) in [5.41, 5.74) is -0.345. The predicted molar refractivity (Wildman–Crippen MR) is 55.9 cm³/mol. The van der Waals surface area contributed by atoms with Gasteiger partial charge in [0.25, 0.3) is 11.6 Å². The lowest BCUT2D eigenvalue weighted by molar-refractivity contribution is -0.385. The van der Waals surface area contributed by atoms with Crippen molar-refractivity contribution in [3.63, 3.8) is 0 Å². The highest BCUT2D eigenvalue weighted by molar-refractivity contribution is 6.16. The Hall–Kier alpha value is -2.02. The summed E-state index contributed by atoms with van der Waals surface area (Å²) in [6.45, 7) is 0. The lowest BCUT2D eigenvalue weighted by Crippen LogP contribution is -1.91. The van der Waals surface area contributed by atoms with Crippen molar-refractivity contribution in [1.29, 1.82) is 0 Å². The molecular formula is C9H5ClFN3O3. The summed E-state index contributed by atoms with van der Waals surface area (Å²) in [7, 11) is 0. The second-order valence-electron chi connectivity index (χ2n) is 3.06. The molecule has 0 aliphatic heterocycles. The van der Waals surface area contributed by atoms with Gasteiger partial charge in [0.05, 0.1) is 16.6 Å². The Bertz CT molecular complexity index is 572. The zero-order valence-corrected chi connectivity index (χ0v) is 9.02. The maximum absolute atomic E-state index is 13.5. The second kappa shape index (κ2) is 4.46. The molecule has 8 heteroatoms. The second-order valence-corrected chi connectivity index (χ2v) is 3.32. The molecule has 0 unspecified atom stereocenters. The smallest absolute Gasteiger partial charge is 0.272 e. The van der Waals surface area contributed by atoms with E-state index >= 15 is 0 Å². The van der Waals surface area contributed by atoms with Crippen LogP contribution in [0.5, 0.6) is 0 Å². The van der Waals surface area contributed by atoms with Crippen molar-refractivity contribution in [3.05, 3.63) is 40.0 Å². The van der Waals surface area contributed by atoms with E-state index in [1.807, 2.05) is 0 Å². The number of halogens is 2. The van der Waals surface area contributed by atoms with Crippen LogP contribution in [0.3, 0.4) is 0 Å². The molecular weight excluding hydrogens is 253 g/mol. The molecule has 2 rings (SSSR count). The number of non-ortho nitro benzene ring substituents is 1. The largest absolute Gasteiger partial charge is 0.419 e. The molecule has 0 fully saturated rings. The van der Waals surface area contributed by atoms with Gasteiger partial charge in [0.1, 0.15) is 11.7 Å². The van der Waals surface area contributed by atoms with Gasteiger partial charge in [-0.05, 0) is 6.07 Å². The molecule has 0 aliphatic carbocycles. The third-order valence-corrected chi connectivity index (χ3v) is 2.20. The summed E-state index contributed by atoms with van der Waals surface area (Å²) >= 11 is 5.45. The fourth-order valence-corrected chi connectivity index (χ4v) is 1.32. The Kier molecular flexibility index (Phi) is 3.01. The minimum Gasteiger partial charge on any atom is -0.419 e. The number of nitrogens with zero attached hydrogens (tertiary/aromatic N) is 3. The third-order valence-electron chi connectivity index (χ3n) is 1.98. The molecule has 88 valence electrons. The Morgan fingerprint density at radius 2 is 2.24 bits per heavy atom. The standard InChI is InChI=1S/C9H5ClFN3O3/c10-4-8-12-13-9(17-8)6-2-1-5(14(15)16)3-7(6)11/h1-3H,4H2. The number of alkyl halides is 1. The summed E-state index contributed by atoms with van der Waals surface area (Å²) in [5, 5.41) is 17.6. The van der Waals surface area contributed by atoms with Crippen LogP contribution in [0, 0.1) is 15.9 Å². The molecule has 0 atom stereocenters. The van der Waals surface area contributed by atoms with Crippen LogP contribution in [0.25, 0.3) is 11.5 Å². The van der Waals surface area contributed by atoms with Crippen LogP contribution < -0.4 is 0 Å². The first-order chi connectivity index (χ1) is 8.11. The van der Waals surface area contributed by atoms with Gasteiger partial charge >= 0.3 is 0 Å². The van der Waals surface area contributed by atoms with E-state index in [0.29, 0.717) is 0 Å². The van der Waals surface area contributed by atoms with E-state index < -0.39 is 10.7 Å². The van der Waals surface area contributed by atoms with Crippen LogP contribution in [0.4, 0.5) is 10.1 Å². The number of benzene rings is 1. The molecule has 0 saturated heterocycles. The average Bonchev–Trinajstić information content (AvgIpc) is 2.77. The fourth-order valence-electron chi connectivity index (χ4n) is 1.21. The van der Waals surface area contributed by atoms with E-state index in [4.69, 9.17) is 16.0 Å². The van der Waals surface area contributed by atoms with Crippen LogP contribution in [0.15, 0.2) is 22.6 Å². The summed E-state index contributed by atoms with van der Waals surface area (Å²) in [6.07, 6.45) is 0. The van der Waals surface area contributed by atoms with Crippen LogP contribution in [0.2, 0.25) is 0 Å². The zero-order valence-electron chi connectivity index (χ0n) is 8.26. The Labute approximate surface area is 99.2 Å². The normalized spacial score (nSPS) is 10.5. The quantitative estimate of drug-likeness (QED) is 0.479. The SMILES string of the molecule is O=[N+]([O-])c1ccc(-c2nnc(CCl)o2)c(F)c1. The van der Waals surface area contributed by atoms with Crippen molar-refractivity contribution in [2.45, 2.75) is 5.88 Å². The van der Waals surface area contributed by atoms with Crippen molar-refractivity contribution in [2.24, 2.45) is 0 Å². The van der Waals surface area contributed by atoms with Crippen molar-refractivity contribution in [3.8, 4) is 11.5 Å². The highest BCUT2D eigenvalue weighted by atomic mass is 35.5. The van der Waals surface area contributed by atoms with Crippen molar-refractivity contribution in [2.75, 3.05) is 0 Å². The molecule has 0 spiro atoms. The first-order valence-electron chi connectivity index (χ1n) is 4.44. The van der Waals surface area contributed by atoms with Crippen LogP contribution in [-0.4, -0.2) is 15.1 Å². The lowest BCUT2D eigenvalue weighted by Gasteiger charge is -1.97. The van der Waals surface area contributed by atoms with E-state index in [9.17, 15) is 14.5 Å². The summed E-state index contributed by atoms with van der Waals surface area (Å²) in [6, 6.07) is 3.15. The number of nitro groups is 1. The Morgan fingerprint density at radius 1 is 1.47 bits per heavy atom. The summed E-state index contributed by atoms with van der Waals surface area (Å²) in [4.78, 5) is 9.73. The first-order valence-corrected chi connectivity index (χ1v) is 4.98. The minimum atomic E-state index is -0.802. The fraction of sp³-hybridized carbons (Fsp3) is 0.111. The van der Waals surface area contributed by atoms with Crippen LogP contribution >= 0.6 is 11.6 Å². The number of hydrogen-bond acceptors (Lipinski definition) is 5. The molecule has 17 heavy (non-hydrogen) atoms. The minimum absolute atomic E-state index is 0.000494. The van der Waals surface area contributed by atoms with Crippen molar-refractivity contribution >= 4 is 17.3 Å². The van der Waals surface area contributed by atoms with Gasteiger partial charge in [-0.3, -0.25) is 10.1 Å². The third kappa shape index (κ3) is 2.23. The number of rotatable bonds is 3. The lowest BCUT2D eigenvalue weighted by atomic mass is 10.2. The molecule has 0 aliphatic rings. The van der Waals surface area contributed by atoms with Gasteiger partial charge in [-0.25, -0.2) is 4.39 Å². The number of hydrogen-bond donors (Lipinski definition) is 0. The van der Waals surface area contributed by atoms with Gasteiger partial charge in [-0.1, -0.05) is 0 Å². The molecule has 1 aromatic carbocycles. The summed E-state index contributed by atoms with van der Waals surface area (Å²) in [5.74, 6) is -0.696. The van der Waals surface area contributed by atoms with Gasteiger partial charge in [0, 0.05) is 6.07 Å². The molecule has 0 bridgehead atoms. The van der Waals surface area contributed by atoms with Gasteiger partial charge in [-0.2, -0.15) is 0 Å². The van der Waals surface area contributed by atoms with Gasteiger partial charge < -0.3 is 4.42 Å². The number of nitro benzene ring substituents is 1. The molecule has 0 saturated carbocycles. The molecule has 0 radical (unpaired) electrons. The van der Waals surface area contributed by atoms with Crippen LogP contribution in [0.1, 0.15) is 5.89 Å². The van der Waals surface area contributed by atoms with Crippen LogP contribution in [-0.2, 0) is 5.88 Å². The molecule has 2 aromatic rings. The van der Waals surface area contributed by atoms with Gasteiger partial charge in [0.15, 0.2) is 0 Å². The van der Waals surface area contributed by atoms with Crippen molar-refractivity contribution in [1.82, 2.24) is 10.2 Å². The topological polar surface area (TPSA) is 82.1 Å². The van der Waals surface area contributed by atoms with E-state index in [0.717, 1.165) is 12.1 Å². The van der Waals surface area contributed by atoms with E-state index in [2.05, 4.69) is 10.2 Å². The highest BCUT2D eigenvalue weighted by Crippen LogP contribution is 2.25. The van der Waals surface area contributed by atoms with E-state index in [-0.39, 0.29) is 28.9 Å². The van der Waals surface area contributed by atoms with Crippen molar-refractivity contribution < 1.29 is 13.7 Å². The Balaban J connectivity index is 2.42. The molecule has 6 nitrogen and oxygen atoms in total. The van der Waals surface area contributed by atoms with Gasteiger partial charge in [0.2, 0.25) is 5.89 Å². The maximum Gasteiger partial charge on any atom is 0.272 e. The molecule has 0 N–H and O–H groups in total. The average molecular weight is 258 g/mol. The molecule has 0 amide bonds. The zero-order chi connectivity index (χ0) is 12.4. The van der Waals surface area contributed by atoms with E-state index in [1.54, 1.807) is 0 Å². The van der Waals surface area contributed by atoms with Gasteiger partial charge in [-0.15, -0.1) is 21.8 Å². The monoisotopic (exact) mass is 257 g/mol.